The summed E-state index contributed by atoms with van der Waals surface area (Å²) in [5.74, 6) is 1.31. The molecule has 0 radical (unpaired) electrons. The van der Waals surface area contributed by atoms with Gasteiger partial charge in [0.2, 0.25) is 5.95 Å². The maximum atomic E-state index is 12.6. The van der Waals surface area contributed by atoms with Gasteiger partial charge in [-0.1, -0.05) is 12.1 Å². The number of anilines is 2. The summed E-state index contributed by atoms with van der Waals surface area (Å²) in [7, 11) is 1.61. The van der Waals surface area contributed by atoms with Gasteiger partial charge in [-0.15, -0.1) is 0 Å². The van der Waals surface area contributed by atoms with E-state index in [4.69, 9.17) is 29.2 Å². The summed E-state index contributed by atoms with van der Waals surface area (Å²) in [6.45, 7) is 7.99. The molecule has 5 rings (SSSR count). The van der Waals surface area contributed by atoms with Gasteiger partial charge in [-0.25, -0.2) is 10.4 Å². The second-order valence-corrected chi connectivity index (χ2v) is 9.09. The number of nitrogens with zero attached hydrogens (tertiary/aromatic N) is 5. The van der Waals surface area contributed by atoms with Gasteiger partial charge in [0.15, 0.2) is 5.65 Å². The first-order valence-electron chi connectivity index (χ1n) is 12.6. The molecule has 37 heavy (non-hydrogen) atoms. The fourth-order valence-corrected chi connectivity index (χ4v) is 4.50. The summed E-state index contributed by atoms with van der Waals surface area (Å²) in [6.07, 6.45) is 0. The number of amides is 1. The number of nitrogens with one attached hydrogen (secondary N) is 2. The molecule has 0 saturated carbocycles. The minimum Gasteiger partial charge on any atom is -0.383 e. The van der Waals surface area contributed by atoms with Gasteiger partial charge in [-0.2, -0.15) is 9.97 Å². The minimum atomic E-state index is -0.223. The molecule has 2 saturated heterocycles. The van der Waals surface area contributed by atoms with E-state index in [2.05, 4.69) is 27.6 Å². The maximum absolute atomic E-state index is 12.6. The molecule has 0 aliphatic carbocycles. The van der Waals surface area contributed by atoms with Gasteiger partial charge in [-0.05, 0) is 31.2 Å². The maximum Gasteiger partial charge on any atom is 0.265 e. The van der Waals surface area contributed by atoms with Crippen LogP contribution < -0.4 is 20.7 Å². The number of ether oxygens (including phenoxy) is 3. The Labute approximate surface area is 216 Å². The average molecular weight is 508 g/mol. The smallest absolute Gasteiger partial charge is 0.265 e. The van der Waals surface area contributed by atoms with Crippen LogP contribution in [-0.2, 0) is 14.2 Å². The lowest BCUT2D eigenvalue weighted by molar-refractivity contribution is 0.0926. The van der Waals surface area contributed by atoms with E-state index in [1.54, 1.807) is 13.2 Å². The van der Waals surface area contributed by atoms with Crippen molar-refractivity contribution in [3.63, 3.8) is 0 Å². The van der Waals surface area contributed by atoms with Crippen molar-refractivity contribution in [1.82, 2.24) is 25.8 Å². The van der Waals surface area contributed by atoms with Crippen LogP contribution in [0.25, 0.3) is 22.3 Å². The van der Waals surface area contributed by atoms with Crippen LogP contribution in [0, 0.1) is 0 Å². The quantitative estimate of drug-likeness (QED) is 0.344. The van der Waals surface area contributed by atoms with E-state index in [9.17, 15) is 4.79 Å². The third kappa shape index (κ3) is 5.80. The number of carbonyl (C=O) groups excluding carboxylic acids is 1. The molecule has 2 aromatic heterocycles. The van der Waals surface area contributed by atoms with Crippen molar-refractivity contribution in [2.24, 2.45) is 0 Å². The number of aromatic nitrogens is 3. The Hall–Kier alpha value is -3.38. The van der Waals surface area contributed by atoms with Crippen molar-refractivity contribution in [3.8, 4) is 11.3 Å². The average Bonchev–Trinajstić information content (AvgIpc) is 2.95. The Bertz CT molecular complexity index is 1230. The second kappa shape index (κ2) is 11.8. The lowest BCUT2D eigenvalue weighted by atomic mass is 10.1. The Morgan fingerprint density at radius 1 is 1.08 bits per heavy atom. The standard InChI is InChI=1S/C26H33N7O4/c1-18-17-37-15-11-33(18)26-29-23-21(24(30-26)32-9-13-36-14-10-32)6-7-22(28-23)19-4-3-5-20(16-19)25(34)31-27-8-12-35-2/h3-7,16,18,27H,8-15,17H2,1-2H3,(H,31,34). The molecule has 1 aromatic carbocycles. The van der Waals surface area contributed by atoms with Crippen LogP contribution in [0.4, 0.5) is 11.8 Å². The third-order valence-corrected chi connectivity index (χ3v) is 6.52. The van der Waals surface area contributed by atoms with Gasteiger partial charge in [0.25, 0.3) is 5.91 Å². The molecular formula is C26H33N7O4. The fraction of sp³-hybridized carbons (Fsp3) is 0.462. The van der Waals surface area contributed by atoms with E-state index in [0.29, 0.717) is 56.7 Å². The Kier molecular flexibility index (Phi) is 8.05. The first kappa shape index (κ1) is 25.3. The van der Waals surface area contributed by atoms with Crippen LogP contribution in [0.2, 0.25) is 0 Å². The first-order valence-corrected chi connectivity index (χ1v) is 12.6. The molecule has 1 atom stereocenters. The highest BCUT2D eigenvalue weighted by Crippen LogP contribution is 2.30. The number of benzene rings is 1. The predicted molar refractivity (Wildman–Crippen MR) is 141 cm³/mol. The zero-order chi connectivity index (χ0) is 25.6. The van der Waals surface area contributed by atoms with E-state index >= 15 is 0 Å². The zero-order valence-electron chi connectivity index (χ0n) is 21.3. The number of morpholine rings is 2. The second-order valence-electron chi connectivity index (χ2n) is 9.09. The molecule has 2 aliphatic heterocycles. The highest BCUT2D eigenvalue weighted by Gasteiger charge is 2.25. The molecule has 2 fully saturated rings. The number of rotatable bonds is 8. The molecule has 3 aromatic rings. The van der Waals surface area contributed by atoms with Gasteiger partial charge in [0.05, 0.1) is 50.2 Å². The van der Waals surface area contributed by atoms with E-state index in [0.717, 1.165) is 42.1 Å². The van der Waals surface area contributed by atoms with Crippen molar-refractivity contribution >= 4 is 28.7 Å². The highest BCUT2D eigenvalue weighted by molar-refractivity contribution is 5.95. The summed E-state index contributed by atoms with van der Waals surface area (Å²) < 4.78 is 16.2. The van der Waals surface area contributed by atoms with E-state index < -0.39 is 0 Å². The number of hydrogen-bond acceptors (Lipinski definition) is 10. The molecule has 11 heteroatoms. The van der Waals surface area contributed by atoms with Gasteiger partial charge in [0, 0.05) is 44.4 Å². The predicted octanol–water partition coefficient (Wildman–Crippen LogP) is 1.63. The van der Waals surface area contributed by atoms with Crippen molar-refractivity contribution in [2.75, 3.05) is 76.1 Å². The molecule has 0 bridgehead atoms. The number of fused-ring (bicyclic) bond motifs is 1. The number of carbonyl (C=O) groups is 1. The van der Waals surface area contributed by atoms with Gasteiger partial charge in [0.1, 0.15) is 5.82 Å². The molecule has 1 amide bonds. The molecule has 0 spiro atoms. The van der Waals surface area contributed by atoms with Crippen LogP contribution in [0.3, 0.4) is 0 Å². The monoisotopic (exact) mass is 507 g/mol. The van der Waals surface area contributed by atoms with Crippen LogP contribution in [0.15, 0.2) is 36.4 Å². The number of methoxy groups -OCH3 is 1. The van der Waals surface area contributed by atoms with Gasteiger partial charge in [-0.3, -0.25) is 10.2 Å². The number of hydrogen-bond donors (Lipinski definition) is 2. The fourth-order valence-electron chi connectivity index (χ4n) is 4.50. The Morgan fingerprint density at radius 3 is 2.73 bits per heavy atom. The molecule has 2 aliphatic rings. The molecular weight excluding hydrogens is 474 g/mol. The minimum absolute atomic E-state index is 0.166. The lowest BCUT2D eigenvalue weighted by Gasteiger charge is -2.34. The van der Waals surface area contributed by atoms with Gasteiger partial charge >= 0.3 is 0 Å². The van der Waals surface area contributed by atoms with Crippen LogP contribution in [-0.4, -0.2) is 93.2 Å². The van der Waals surface area contributed by atoms with E-state index in [-0.39, 0.29) is 11.9 Å². The molecule has 1 unspecified atom stereocenters. The van der Waals surface area contributed by atoms with E-state index in [1.807, 2.05) is 30.3 Å². The SMILES string of the molecule is COCCNNC(=O)c1cccc(-c2ccc3c(N4CCOCC4)nc(N4CCOCC4C)nc3n2)c1. The van der Waals surface area contributed by atoms with Crippen LogP contribution in [0.1, 0.15) is 17.3 Å². The first-order chi connectivity index (χ1) is 18.1. The number of hydrazine groups is 1. The highest BCUT2D eigenvalue weighted by atomic mass is 16.5. The topological polar surface area (TPSA) is 114 Å². The summed E-state index contributed by atoms with van der Waals surface area (Å²) in [5, 5.41) is 0.895. The van der Waals surface area contributed by atoms with Crippen molar-refractivity contribution in [1.29, 1.82) is 0 Å². The summed E-state index contributed by atoms with van der Waals surface area (Å²) in [4.78, 5) is 31.8. The summed E-state index contributed by atoms with van der Waals surface area (Å²) in [6, 6.07) is 11.5. The third-order valence-electron chi connectivity index (χ3n) is 6.52. The largest absolute Gasteiger partial charge is 0.383 e. The van der Waals surface area contributed by atoms with Crippen LogP contribution in [0.5, 0.6) is 0 Å². The number of pyridine rings is 1. The van der Waals surface area contributed by atoms with Gasteiger partial charge < -0.3 is 24.0 Å². The molecule has 4 heterocycles. The van der Waals surface area contributed by atoms with E-state index in [1.165, 1.54) is 0 Å². The van der Waals surface area contributed by atoms with Crippen molar-refractivity contribution in [3.05, 3.63) is 42.0 Å². The normalized spacial score (nSPS) is 18.3. The molecule has 2 N–H and O–H groups in total. The summed E-state index contributed by atoms with van der Waals surface area (Å²) in [5.41, 5.74) is 8.28. The summed E-state index contributed by atoms with van der Waals surface area (Å²) >= 11 is 0. The van der Waals surface area contributed by atoms with Crippen LogP contribution >= 0.6 is 0 Å². The lowest BCUT2D eigenvalue weighted by Crippen LogP contribution is -2.45. The molecule has 196 valence electrons. The Morgan fingerprint density at radius 2 is 1.92 bits per heavy atom. The van der Waals surface area contributed by atoms with Crippen molar-refractivity contribution < 1.29 is 19.0 Å². The van der Waals surface area contributed by atoms with Crippen molar-refractivity contribution in [2.45, 2.75) is 13.0 Å². The molecule has 11 nitrogen and oxygen atoms in total. The zero-order valence-corrected chi connectivity index (χ0v) is 21.3. The Balaban J connectivity index is 1.49.